The molecule has 0 aromatic rings. The molecular formula is C14H28N2O. The molecular weight excluding hydrogens is 212 g/mol. The summed E-state index contributed by atoms with van der Waals surface area (Å²) < 4.78 is 5.55. The molecule has 0 aliphatic carbocycles. The average Bonchev–Trinajstić information content (AvgIpc) is 2.86. The Morgan fingerprint density at radius 3 is 2.94 bits per heavy atom. The standard InChI is InChI=1S/C14H28N2O/c1-12(2)17-11-4-3-8-15-13-7-10-16-9-5-6-14(13)16/h12-15H,3-11H2,1-2H3. The van der Waals surface area contributed by atoms with E-state index in [0.717, 1.165) is 25.2 Å². The van der Waals surface area contributed by atoms with Crippen LogP contribution in [0.5, 0.6) is 0 Å². The maximum absolute atomic E-state index is 5.55. The van der Waals surface area contributed by atoms with E-state index in [1.54, 1.807) is 0 Å². The summed E-state index contributed by atoms with van der Waals surface area (Å²) in [6.07, 6.45) is 6.99. The quantitative estimate of drug-likeness (QED) is 0.689. The van der Waals surface area contributed by atoms with Crippen LogP contribution in [0.15, 0.2) is 0 Å². The lowest BCUT2D eigenvalue weighted by atomic mass is 10.1. The Balaban J connectivity index is 1.51. The zero-order chi connectivity index (χ0) is 12.1. The van der Waals surface area contributed by atoms with Crippen LogP contribution in [0, 0.1) is 0 Å². The summed E-state index contributed by atoms with van der Waals surface area (Å²) in [7, 11) is 0. The smallest absolute Gasteiger partial charge is 0.0518 e. The molecule has 2 fully saturated rings. The zero-order valence-electron chi connectivity index (χ0n) is 11.5. The van der Waals surface area contributed by atoms with Gasteiger partial charge in [-0.3, -0.25) is 4.90 Å². The van der Waals surface area contributed by atoms with Crippen LogP contribution < -0.4 is 5.32 Å². The number of hydrogen-bond donors (Lipinski definition) is 1. The van der Waals surface area contributed by atoms with Crippen LogP contribution in [0.4, 0.5) is 0 Å². The minimum absolute atomic E-state index is 0.379. The Morgan fingerprint density at radius 2 is 2.12 bits per heavy atom. The Labute approximate surface area is 106 Å². The molecule has 17 heavy (non-hydrogen) atoms. The molecule has 0 aromatic heterocycles. The molecule has 0 radical (unpaired) electrons. The van der Waals surface area contributed by atoms with Crippen molar-refractivity contribution in [3.8, 4) is 0 Å². The molecule has 0 bridgehead atoms. The van der Waals surface area contributed by atoms with Crippen molar-refractivity contribution in [3.63, 3.8) is 0 Å². The minimum atomic E-state index is 0.379. The second kappa shape index (κ2) is 6.72. The Kier molecular flexibility index (Phi) is 5.26. The largest absolute Gasteiger partial charge is 0.379 e. The number of nitrogens with one attached hydrogen (secondary N) is 1. The zero-order valence-corrected chi connectivity index (χ0v) is 11.5. The Morgan fingerprint density at radius 1 is 1.24 bits per heavy atom. The molecule has 2 aliphatic heterocycles. The van der Waals surface area contributed by atoms with E-state index in [0.29, 0.717) is 6.10 Å². The van der Waals surface area contributed by atoms with Gasteiger partial charge in [-0.1, -0.05) is 0 Å². The maximum atomic E-state index is 5.55. The Hall–Kier alpha value is -0.120. The highest BCUT2D eigenvalue weighted by atomic mass is 16.5. The van der Waals surface area contributed by atoms with Crippen LogP contribution in [0.3, 0.4) is 0 Å². The van der Waals surface area contributed by atoms with Gasteiger partial charge in [0.05, 0.1) is 6.10 Å². The van der Waals surface area contributed by atoms with Crippen LogP contribution in [-0.2, 0) is 4.74 Å². The van der Waals surface area contributed by atoms with Gasteiger partial charge in [-0.05, 0) is 59.0 Å². The summed E-state index contributed by atoms with van der Waals surface area (Å²) in [5.74, 6) is 0. The highest BCUT2D eigenvalue weighted by Gasteiger charge is 2.36. The van der Waals surface area contributed by atoms with E-state index in [2.05, 4.69) is 24.1 Å². The molecule has 2 atom stereocenters. The number of unbranched alkanes of at least 4 members (excludes halogenated alkanes) is 1. The molecule has 0 saturated carbocycles. The lowest BCUT2D eigenvalue weighted by Gasteiger charge is -2.21. The van der Waals surface area contributed by atoms with Crippen molar-refractivity contribution in [2.75, 3.05) is 26.2 Å². The predicted molar refractivity (Wildman–Crippen MR) is 71.3 cm³/mol. The molecule has 0 aromatic carbocycles. The minimum Gasteiger partial charge on any atom is -0.379 e. The van der Waals surface area contributed by atoms with E-state index in [4.69, 9.17) is 4.74 Å². The van der Waals surface area contributed by atoms with E-state index in [9.17, 15) is 0 Å². The molecule has 0 amide bonds. The van der Waals surface area contributed by atoms with E-state index in [-0.39, 0.29) is 0 Å². The van der Waals surface area contributed by atoms with Gasteiger partial charge in [0, 0.05) is 25.2 Å². The maximum Gasteiger partial charge on any atom is 0.0518 e. The molecule has 0 spiro atoms. The van der Waals surface area contributed by atoms with Crippen molar-refractivity contribution in [1.29, 1.82) is 0 Å². The van der Waals surface area contributed by atoms with E-state index < -0.39 is 0 Å². The summed E-state index contributed by atoms with van der Waals surface area (Å²) >= 11 is 0. The normalized spacial score (nSPS) is 29.1. The van der Waals surface area contributed by atoms with E-state index in [1.807, 2.05) is 0 Å². The van der Waals surface area contributed by atoms with Crippen molar-refractivity contribution < 1.29 is 4.74 Å². The summed E-state index contributed by atoms with van der Waals surface area (Å²) in [6.45, 7) is 8.94. The van der Waals surface area contributed by atoms with Crippen LogP contribution >= 0.6 is 0 Å². The lowest BCUT2D eigenvalue weighted by Crippen LogP contribution is -2.39. The number of ether oxygens (including phenoxy) is 1. The van der Waals surface area contributed by atoms with Gasteiger partial charge < -0.3 is 10.1 Å². The summed E-state index contributed by atoms with van der Waals surface area (Å²) in [5, 5.41) is 3.74. The fourth-order valence-corrected chi connectivity index (χ4v) is 3.15. The first kappa shape index (κ1) is 13.3. The van der Waals surface area contributed by atoms with Crippen molar-refractivity contribution in [2.24, 2.45) is 0 Å². The van der Waals surface area contributed by atoms with Crippen molar-refractivity contribution in [3.05, 3.63) is 0 Å². The van der Waals surface area contributed by atoms with Gasteiger partial charge in [0.2, 0.25) is 0 Å². The Bertz CT molecular complexity index is 220. The van der Waals surface area contributed by atoms with E-state index in [1.165, 1.54) is 45.2 Å². The molecule has 2 rings (SSSR count). The third-order valence-electron chi connectivity index (χ3n) is 4.03. The molecule has 1 N–H and O–H groups in total. The highest BCUT2D eigenvalue weighted by molar-refractivity contribution is 4.95. The van der Waals surface area contributed by atoms with Crippen LogP contribution in [0.25, 0.3) is 0 Å². The number of hydrogen-bond acceptors (Lipinski definition) is 3. The van der Waals surface area contributed by atoms with Crippen LogP contribution in [0.1, 0.15) is 46.0 Å². The van der Waals surface area contributed by atoms with Crippen molar-refractivity contribution in [2.45, 2.75) is 64.1 Å². The molecule has 2 heterocycles. The molecule has 100 valence electrons. The van der Waals surface area contributed by atoms with Gasteiger partial charge in [0.25, 0.3) is 0 Å². The average molecular weight is 240 g/mol. The van der Waals surface area contributed by atoms with Crippen molar-refractivity contribution >= 4 is 0 Å². The topological polar surface area (TPSA) is 24.5 Å². The molecule has 3 nitrogen and oxygen atoms in total. The van der Waals surface area contributed by atoms with Gasteiger partial charge in [-0.25, -0.2) is 0 Å². The van der Waals surface area contributed by atoms with Crippen LogP contribution in [-0.4, -0.2) is 49.3 Å². The highest BCUT2D eigenvalue weighted by Crippen LogP contribution is 2.27. The van der Waals surface area contributed by atoms with Gasteiger partial charge in [-0.15, -0.1) is 0 Å². The third-order valence-corrected chi connectivity index (χ3v) is 4.03. The molecule has 3 heteroatoms. The summed E-state index contributed by atoms with van der Waals surface area (Å²) in [5.41, 5.74) is 0. The first-order chi connectivity index (χ1) is 8.27. The number of rotatable bonds is 7. The second-order valence-electron chi connectivity index (χ2n) is 5.72. The predicted octanol–water partition coefficient (Wildman–Crippen LogP) is 2.02. The van der Waals surface area contributed by atoms with Gasteiger partial charge in [-0.2, -0.15) is 0 Å². The first-order valence-corrected chi connectivity index (χ1v) is 7.36. The first-order valence-electron chi connectivity index (χ1n) is 7.36. The number of nitrogens with zero attached hydrogens (tertiary/aromatic N) is 1. The third kappa shape index (κ3) is 3.94. The molecule has 2 saturated heterocycles. The van der Waals surface area contributed by atoms with Gasteiger partial charge >= 0.3 is 0 Å². The second-order valence-corrected chi connectivity index (χ2v) is 5.72. The summed E-state index contributed by atoms with van der Waals surface area (Å²) in [4.78, 5) is 2.67. The van der Waals surface area contributed by atoms with Gasteiger partial charge in [0.15, 0.2) is 0 Å². The van der Waals surface area contributed by atoms with E-state index >= 15 is 0 Å². The monoisotopic (exact) mass is 240 g/mol. The SMILES string of the molecule is CC(C)OCCCCNC1CCN2CCCC12. The van der Waals surface area contributed by atoms with Crippen molar-refractivity contribution in [1.82, 2.24) is 10.2 Å². The number of fused-ring (bicyclic) bond motifs is 1. The fourth-order valence-electron chi connectivity index (χ4n) is 3.15. The fraction of sp³-hybridized carbons (Fsp3) is 1.00. The van der Waals surface area contributed by atoms with Gasteiger partial charge in [0.1, 0.15) is 0 Å². The molecule has 2 unspecified atom stereocenters. The summed E-state index contributed by atoms with van der Waals surface area (Å²) in [6, 6.07) is 1.62. The lowest BCUT2D eigenvalue weighted by molar-refractivity contribution is 0.0759. The molecule has 2 aliphatic rings. The van der Waals surface area contributed by atoms with Crippen LogP contribution in [0.2, 0.25) is 0 Å².